The van der Waals surface area contributed by atoms with Crippen molar-refractivity contribution < 1.29 is 18.7 Å². The van der Waals surface area contributed by atoms with Gasteiger partial charge in [-0.25, -0.2) is 9.07 Å². The number of amides is 2. The lowest BCUT2D eigenvalue weighted by atomic mass is 9.91. The van der Waals surface area contributed by atoms with Crippen molar-refractivity contribution in [1.29, 1.82) is 0 Å². The van der Waals surface area contributed by atoms with Crippen LogP contribution in [0.5, 0.6) is 0 Å². The molecule has 2 fully saturated rings. The zero-order valence-electron chi connectivity index (χ0n) is 20.3. The number of rotatable bonds is 8. The van der Waals surface area contributed by atoms with E-state index in [1.807, 2.05) is 24.3 Å². The van der Waals surface area contributed by atoms with E-state index in [2.05, 4.69) is 15.6 Å². The predicted octanol–water partition coefficient (Wildman–Crippen LogP) is 3.77. The second kappa shape index (κ2) is 11.2. The number of ether oxygens (including phenoxy) is 1. The summed E-state index contributed by atoms with van der Waals surface area (Å²) in [7, 11) is 0. The molecule has 2 atom stereocenters. The molecule has 1 N–H and O–H groups in total. The van der Waals surface area contributed by atoms with Gasteiger partial charge in [-0.15, -0.1) is 5.10 Å². The summed E-state index contributed by atoms with van der Waals surface area (Å²) in [5.41, 5.74) is 2.05. The van der Waals surface area contributed by atoms with Crippen molar-refractivity contribution in [1.82, 2.24) is 25.2 Å². The fourth-order valence-corrected chi connectivity index (χ4v) is 5.36. The maximum absolute atomic E-state index is 14.0. The SMILES string of the molecule is O=C(NCC1CCCO1)C(c1ccc(F)cc1)N(C(=O)Cn1nnc2ccccc21)C1CCCCC1. The number of benzene rings is 2. The van der Waals surface area contributed by atoms with Gasteiger partial charge in [0.15, 0.2) is 0 Å². The lowest BCUT2D eigenvalue weighted by molar-refractivity contribution is -0.145. The summed E-state index contributed by atoms with van der Waals surface area (Å²) in [6, 6.07) is 12.4. The lowest BCUT2D eigenvalue weighted by Gasteiger charge is -2.39. The van der Waals surface area contributed by atoms with Gasteiger partial charge in [-0.2, -0.15) is 0 Å². The zero-order chi connectivity index (χ0) is 24.9. The average molecular weight is 494 g/mol. The monoisotopic (exact) mass is 493 g/mol. The third-order valence-electron chi connectivity index (χ3n) is 7.20. The average Bonchev–Trinajstić information content (AvgIpc) is 3.57. The molecule has 190 valence electrons. The van der Waals surface area contributed by atoms with Gasteiger partial charge in [0, 0.05) is 19.2 Å². The first-order valence-electron chi connectivity index (χ1n) is 12.8. The number of nitrogens with zero attached hydrogens (tertiary/aromatic N) is 4. The van der Waals surface area contributed by atoms with Crippen molar-refractivity contribution in [2.24, 2.45) is 0 Å². The quantitative estimate of drug-likeness (QED) is 0.516. The van der Waals surface area contributed by atoms with Crippen LogP contribution in [0.3, 0.4) is 0 Å². The molecular weight excluding hydrogens is 461 g/mol. The van der Waals surface area contributed by atoms with Crippen LogP contribution in [-0.2, 0) is 20.9 Å². The van der Waals surface area contributed by atoms with Crippen LogP contribution in [0.2, 0.25) is 0 Å². The molecule has 2 aliphatic rings. The number of hydrogen-bond acceptors (Lipinski definition) is 5. The van der Waals surface area contributed by atoms with Crippen LogP contribution in [0.4, 0.5) is 4.39 Å². The van der Waals surface area contributed by atoms with Gasteiger partial charge in [-0.05, 0) is 55.5 Å². The van der Waals surface area contributed by atoms with Crippen molar-refractivity contribution in [3.05, 3.63) is 59.9 Å². The van der Waals surface area contributed by atoms with E-state index in [0.29, 0.717) is 24.2 Å². The molecule has 1 saturated carbocycles. The summed E-state index contributed by atoms with van der Waals surface area (Å²) < 4.78 is 21.1. The molecule has 1 aliphatic heterocycles. The molecule has 0 radical (unpaired) electrons. The first-order chi connectivity index (χ1) is 17.6. The molecule has 0 spiro atoms. The van der Waals surface area contributed by atoms with Crippen molar-refractivity contribution in [2.75, 3.05) is 13.2 Å². The number of para-hydroxylation sites is 1. The summed E-state index contributed by atoms with van der Waals surface area (Å²) >= 11 is 0. The number of hydrogen-bond donors (Lipinski definition) is 1. The van der Waals surface area contributed by atoms with E-state index in [0.717, 1.165) is 50.5 Å². The Morgan fingerprint density at radius 2 is 1.83 bits per heavy atom. The summed E-state index contributed by atoms with van der Waals surface area (Å²) in [5.74, 6) is -0.875. The maximum atomic E-state index is 14.0. The topological polar surface area (TPSA) is 89.4 Å². The summed E-state index contributed by atoms with van der Waals surface area (Å²) in [6.45, 7) is 1.05. The molecule has 2 heterocycles. The van der Waals surface area contributed by atoms with Gasteiger partial charge < -0.3 is 15.0 Å². The van der Waals surface area contributed by atoms with Crippen molar-refractivity contribution >= 4 is 22.8 Å². The number of halogens is 1. The van der Waals surface area contributed by atoms with Gasteiger partial charge in [-0.3, -0.25) is 9.59 Å². The Hall–Kier alpha value is -3.33. The minimum Gasteiger partial charge on any atom is -0.376 e. The van der Waals surface area contributed by atoms with E-state index in [9.17, 15) is 14.0 Å². The molecule has 2 unspecified atom stereocenters. The number of carbonyl (C=O) groups is 2. The Labute approximate surface area is 209 Å². The molecule has 5 rings (SSSR count). The highest BCUT2D eigenvalue weighted by atomic mass is 19.1. The minimum atomic E-state index is -0.877. The molecule has 2 amide bonds. The highest BCUT2D eigenvalue weighted by molar-refractivity contribution is 5.89. The van der Waals surface area contributed by atoms with Crippen molar-refractivity contribution in [3.63, 3.8) is 0 Å². The molecule has 3 aromatic rings. The van der Waals surface area contributed by atoms with Gasteiger partial charge >= 0.3 is 0 Å². The Morgan fingerprint density at radius 3 is 2.58 bits per heavy atom. The van der Waals surface area contributed by atoms with Gasteiger partial charge in [-0.1, -0.05) is 48.7 Å². The molecule has 36 heavy (non-hydrogen) atoms. The first-order valence-corrected chi connectivity index (χ1v) is 12.8. The van der Waals surface area contributed by atoms with Crippen LogP contribution in [-0.4, -0.2) is 57.0 Å². The molecule has 8 nitrogen and oxygen atoms in total. The normalized spacial score (nSPS) is 19.3. The third kappa shape index (κ3) is 5.41. The predicted molar refractivity (Wildman–Crippen MR) is 132 cm³/mol. The van der Waals surface area contributed by atoms with E-state index < -0.39 is 6.04 Å². The first kappa shape index (κ1) is 24.4. The Morgan fingerprint density at radius 1 is 1.06 bits per heavy atom. The van der Waals surface area contributed by atoms with Gasteiger partial charge in [0.05, 0.1) is 11.6 Å². The maximum Gasteiger partial charge on any atom is 0.247 e. The van der Waals surface area contributed by atoms with Crippen LogP contribution in [0.1, 0.15) is 56.6 Å². The van der Waals surface area contributed by atoms with E-state index in [1.165, 1.54) is 12.1 Å². The van der Waals surface area contributed by atoms with E-state index in [4.69, 9.17) is 4.74 Å². The fraction of sp³-hybridized carbons (Fsp3) is 0.481. The Bertz CT molecular complexity index is 1190. The Balaban J connectivity index is 1.47. The molecule has 1 aromatic heterocycles. The number of nitrogens with one attached hydrogen (secondary N) is 1. The number of aromatic nitrogens is 3. The molecule has 1 aliphatic carbocycles. The van der Waals surface area contributed by atoms with Crippen LogP contribution < -0.4 is 5.32 Å². The van der Waals surface area contributed by atoms with Crippen LogP contribution in [0.15, 0.2) is 48.5 Å². The molecule has 0 bridgehead atoms. The van der Waals surface area contributed by atoms with Gasteiger partial charge in [0.25, 0.3) is 0 Å². The lowest BCUT2D eigenvalue weighted by Crippen LogP contribution is -2.51. The van der Waals surface area contributed by atoms with Gasteiger partial charge in [0.1, 0.15) is 23.9 Å². The smallest absolute Gasteiger partial charge is 0.247 e. The Kier molecular flexibility index (Phi) is 7.55. The third-order valence-corrected chi connectivity index (χ3v) is 7.20. The summed E-state index contributed by atoms with van der Waals surface area (Å²) in [6.07, 6.45) is 6.58. The van der Waals surface area contributed by atoms with E-state index in [1.54, 1.807) is 21.7 Å². The van der Waals surface area contributed by atoms with E-state index >= 15 is 0 Å². The van der Waals surface area contributed by atoms with Crippen LogP contribution in [0, 0.1) is 5.82 Å². The second-order valence-corrected chi connectivity index (χ2v) is 9.66. The number of carbonyl (C=O) groups excluding carboxylic acids is 2. The summed E-state index contributed by atoms with van der Waals surface area (Å²) in [5, 5.41) is 11.4. The second-order valence-electron chi connectivity index (χ2n) is 9.66. The highest BCUT2D eigenvalue weighted by Crippen LogP contribution is 2.32. The van der Waals surface area contributed by atoms with Crippen molar-refractivity contribution in [3.8, 4) is 0 Å². The molecule has 1 saturated heterocycles. The zero-order valence-corrected chi connectivity index (χ0v) is 20.3. The van der Waals surface area contributed by atoms with Crippen molar-refractivity contribution in [2.45, 2.75) is 69.7 Å². The van der Waals surface area contributed by atoms with Gasteiger partial charge in [0.2, 0.25) is 11.8 Å². The molecule has 2 aromatic carbocycles. The summed E-state index contributed by atoms with van der Waals surface area (Å²) in [4.78, 5) is 29.4. The van der Waals surface area contributed by atoms with E-state index in [-0.39, 0.29) is 36.3 Å². The highest BCUT2D eigenvalue weighted by Gasteiger charge is 2.37. The molecular formula is C27H32FN5O3. The largest absolute Gasteiger partial charge is 0.376 e. The minimum absolute atomic E-state index is 0.0248. The van der Waals surface area contributed by atoms with Crippen LogP contribution in [0.25, 0.3) is 11.0 Å². The molecule has 9 heteroatoms. The fourth-order valence-electron chi connectivity index (χ4n) is 5.36. The number of fused-ring (bicyclic) bond motifs is 1. The van der Waals surface area contributed by atoms with Crippen LogP contribution >= 0.6 is 0 Å². The standard InChI is InChI=1S/C27H32FN5O3/c28-20-14-12-19(13-15-20)26(27(35)29-17-22-9-6-16-36-22)33(21-7-2-1-3-8-21)25(34)18-32-24-11-5-4-10-23(24)30-31-32/h4-5,10-15,21-22,26H,1-3,6-9,16-18H2,(H,29,35).